The zero-order valence-electron chi connectivity index (χ0n) is 10.9. The highest BCUT2D eigenvalue weighted by Crippen LogP contribution is 2.19. The van der Waals surface area contributed by atoms with Gasteiger partial charge in [-0.05, 0) is 12.8 Å². The molecule has 0 aliphatic heterocycles. The van der Waals surface area contributed by atoms with E-state index in [0.717, 1.165) is 32.8 Å². The molecule has 0 rings (SSSR count). The highest BCUT2D eigenvalue weighted by Gasteiger charge is 2.32. The lowest BCUT2D eigenvalue weighted by Gasteiger charge is -2.18. The van der Waals surface area contributed by atoms with Crippen molar-refractivity contribution >= 4 is 5.97 Å². The third-order valence-corrected chi connectivity index (χ3v) is 2.72. The lowest BCUT2D eigenvalue weighted by molar-refractivity contribution is -0.154. The molecule has 0 amide bonds. The minimum atomic E-state index is -2.74. The summed E-state index contributed by atoms with van der Waals surface area (Å²) in [4.78, 5) is 10.8. The number of alkyl halides is 2. The first-order valence-electron chi connectivity index (χ1n) is 6.25. The normalized spacial score (nSPS) is 15.2. The Hall–Kier alpha value is -0.970. The summed E-state index contributed by atoms with van der Waals surface area (Å²) in [6, 6.07) is 0. The van der Waals surface area contributed by atoms with Gasteiger partial charge in [-0.1, -0.05) is 38.3 Å². The fraction of sp³-hybridized carbons (Fsp3) is 0.769. The fourth-order valence-corrected chi connectivity index (χ4v) is 1.68. The molecule has 0 unspecified atom stereocenters. The van der Waals surface area contributed by atoms with Crippen LogP contribution in [-0.2, 0) is 9.53 Å². The zero-order chi connectivity index (χ0) is 14.0. The molecule has 5 heteroatoms. The fourth-order valence-electron chi connectivity index (χ4n) is 1.68. The predicted octanol–water partition coefficient (Wildman–Crippen LogP) is 3.49. The predicted molar refractivity (Wildman–Crippen MR) is 65.8 cm³/mol. The molecular weight excluding hydrogens is 242 g/mol. The molecule has 0 spiro atoms. The van der Waals surface area contributed by atoms with Crippen molar-refractivity contribution in [2.45, 2.75) is 51.6 Å². The quantitative estimate of drug-likeness (QED) is 0.485. The monoisotopic (exact) mass is 264 g/mol. The van der Waals surface area contributed by atoms with Crippen LogP contribution in [0.25, 0.3) is 0 Å². The molecule has 0 heterocycles. The second-order valence-electron chi connectivity index (χ2n) is 4.18. The summed E-state index contributed by atoms with van der Waals surface area (Å²) >= 11 is 0. The number of carboxylic acids is 1. The SMILES string of the molecule is CCCCCC/C=C/[C@H](C(F)F)[C@H](OC)C(=O)O. The number of ether oxygens (including phenoxy) is 1. The van der Waals surface area contributed by atoms with E-state index in [1.54, 1.807) is 6.08 Å². The van der Waals surface area contributed by atoms with E-state index in [2.05, 4.69) is 11.7 Å². The average Bonchev–Trinajstić information content (AvgIpc) is 2.31. The van der Waals surface area contributed by atoms with Gasteiger partial charge in [-0.2, -0.15) is 0 Å². The largest absolute Gasteiger partial charge is 0.479 e. The van der Waals surface area contributed by atoms with Crippen LogP contribution in [0.1, 0.15) is 39.0 Å². The minimum Gasteiger partial charge on any atom is -0.479 e. The van der Waals surface area contributed by atoms with Crippen molar-refractivity contribution in [3.8, 4) is 0 Å². The molecule has 0 bridgehead atoms. The van der Waals surface area contributed by atoms with E-state index in [4.69, 9.17) is 5.11 Å². The van der Waals surface area contributed by atoms with Crippen LogP contribution < -0.4 is 0 Å². The highest BCUT2D eigenvalue weighted by atomic mass is 19.3. The minimum absolute atomic E-state index is 0.694. The smallest absolute Gasteiger partial charge is 0.333 e. The van der Waals surface area contributed by atoms with Crippen LogP contribution >= 0.6 is 0 Å². The number of methoxy groups -OCH3 is 1. The second kappa shape index (κ2) is 10.00. The Kier molecular flexibility index (Phi) is 9.46. The number of allylic oxidation sites excluding steroid dienone is 1. The second-order valence-corrected chi connectivity index (χ2v) is 4.18. The molecule has 1 N–H and O–H groups in total. The first kappa shape index (κ1) is 17.0. The number of carbonyl (C=O) groups is 1. The Labute approximate surface area is 107 Å². The van der Waals surface area contributed by atoms with Crippen LogP contribution in [-0.4, -0.2) is 30.7 Å². The van der Waals surface area contributed by atoms with Gasteiger partial charge < -0.3 is 9.84 Å². The number of hydrogen-bond acceptors (Lipinski definition) is 2. The summed E-state index contributed by atoms with van der Waals surface area (Å²) in [5.74, 6) is -2.75. The number of carboxylic acid groups (broad SMARTS) is 1. The van der Waals surface area contributed by atoms with Crippen molar-refractivity contribution in [1.29, 1.82) is 0 Å². The number of unbranched alkanes of at least 4 members (excludes halogenated alkanes) is 4. The van der Waals surface area contributed by atoms with Crippen LogP contribution in [0.15, 0.2) is 12.2 Å². The summed E-state index contributed by atoms with van der Waals surface area (Å²) in [6.45, 7) is 2.10. The number of halogens is 2. The number of hydrogen-bond donors (Lipinski definition) is 1. The molecule has 0 aliphatic rings. The van der Waals surface area contributed by atoms with Gasteiger partial charge in [-0.3, -0.25) is 0 Å². The molecule has 0 aromatic carbocycles. The Bertz CT molecular complexity index is 255. The van der Waals surface area contributed by atoms with Gasteiger partial charge in [0.2, 0.25) is 6.43 Å². The van der Waals surface area contributed by atoms with E-state index in [1.807, 2.05) is 0 Å². The van der Waals surface area contributed by atoms with Crippen molar-refractivity contribution < 1.29 is 23.4 Å². The lowest BCUT2D eigenvalue weighted by Crippen LogP contribution is -2.34. The van der Waals surface area contributed by atoms with E-state index in [1.165, 1.54) is 6.08 Å². The van der Waals surface area contributed by atoms with Crippen molar-refractivity contribution in [2.24, 2.45) is 5.92 Å². The third kappa shape index (κ3) is 6.69. The molecule has 18 heavy (non-hydrogen) atoms. The van der Waals surface area contributed by atoms with Crippen LogP contribution in [0, 0.1) is 5.92 Å². The molecule has 0 fully saturated rings. The third-order valence-electron chi connectivity index (χ3n) is 2.72. The Morgan fingerprint density at radius 3 is 2.44 bits per heavy atom. The summed E-state index contributed by atoms with van der Waals surface area (Å²) in [6.07, 6.45) is 3.60. The average molecular weight is 264 g/mol. The van der Waals surface area contributed by atoms with E-state index in [-0.39, 0.29) is 0 Å². The van der Waals surface area contributed by atoms with Gasteiger partial charge in [0.25, 0.3) is 0 Å². The van der Waals surface area contributed by atoms with Gasteiger partial charge in [0.05, 0.1) is 5.92 Å². The molecular formula is C13H22F2O3. The summed E-state index contributed by atoms with van der Waals surface area (Å²) < 4.78 is 30.1. The van der Waals surface area contributed by atoms with E-state index in [9.17, 15) is 13.6 Å². The van der Waals surface area contributed by atoms with Crippen molar-refractivity contribution in [1.82, 2.24) is 0 Å². The summed E-state index contributed by atoms with van der Waals surface area (Å²) in [5.41, 5.74) is 0. The van der Waals surface area contributed by atoms with Gasteiger partial charge in [0.1, 0.15) is 0 Å². The summed E-state index contributed by atoms with van der Waals surface area (Å²) in [7, 11) is 1.13. The molecule has 0 saturated carbocycles. The Morgan fingerprint density at radius 1 is 1.33 bits per heavy atom. The van der Waals surface area contributed by atoms with Gasteiger partial charge in [-0.15, -0.1) is 0 Å². The van der Waals surface area contributed by atoms with E-state index >= 15 is 0 Å². The Morgan fingerprint density at radius 2 is 2.00 bits per heavy atom. The maximum atomic E-state index is 12.7. The first-order chi connectivity index (χ1) is 8.54. The maximum Gasteiger partial charge on any atom is 0.333 e. The maximum absolute atomic E-state index is 12.7. The highest BCUT2D eigenvalue weighted by molar-refractivity contribution is 5.73. The summed E-state index contributed by atoms with van der Waals surface area (Å²) in [5, 5.41) is 8.77. The van der Waals surface area contributed by atoms with Crippen molar-refractivity contribution in [2.75, 3.05) is 7.11 Å². The molecule has 0 saturated heterocycles. The first-order valence-corrected chi connectivity index (χ1v) is 6.25. The van der Waals surface area contributed by atoms with Crippen LogP contribution in [0.3, 0.4) is 0 Å². The van der Waals surface area contributed by atoms with Crippen LogP contribution in [0.2, 0.25) is 0 Å². The van der Waals surface area contributed by atoms with E-state index in [0.29, 0.717) is 6.42 Å². The topological polar surface area (TPSA) is 46.5 Å². The van der Waals surface area contributed by atoms with Crippen molar-refractivity contribution in [3.63, 3.8) is 0 Å². The molecule has 0 aliphatic carbocycles. The van der Waals surface area contributed by atoms with Crippen LogP contribution in [0.5, 0.6) is 0 Å². The van der Waals surface area contributed by atoms with Crippen molar-refractivity contribution in [3.05, 3.63) is 12.2 Å². The Balaban J connectivity index is 4.26. The molecule has 3 nitrogen and oxygen atoms in total. The standard InChI is InChI=1S/C13H22F2O3/c1-3-4-5-6-7-8-9-10(12(14)15)11(18-2)13(16)17/h8-12H,3-7H2,1-2H3,(H,16,17)/b9-8+/t10-,11-/m0/s1. The molecule has 0 aromatic heterocycles. The van der Waals surface area contributed by atoms with Gasteiger partial charge >= 0.3 is 5.97 Å². The number of aliphatic carboxylic acids is 1. The molecule has 0 aromatic rings. The van der Waals surface area contributed by atoms with Gasteiger partial charge in [0.15, 0.2) is 6.10 Å². The zero-order valence-corrected chi connectivity index (χ0v) is 10.9. The van der Waals surface area contributed by atoms with E-state index < -0.39 is 24.4 Å². The molecule has 106 valence electrons. The van der Waals surface area contributed by atoms with Gasteiger partial charge in [-0.25, -0.2) is 13.6 Å². The molecule has 0 radical (unpaired) electrons. The lowest BCUT2D eigenvalue weighted by atomic mass is 10.0. The van der Waals surface area contributed by atoms with Crippen LogP contribution in [0.4, 0.5) is 8.78 Å². The number of rotatable bonds is 10. The molecule has 2 atom stereocenters. The van der Waals surface area contributed by atoms with Gasteiger partial charge in [0, 0.05) is 7.11 Å².